The summed E-state index contributed by atoms with van der Waals surface area (Å²) in [5, 5.41) is 11.2. The Morgan fingerprint density at radius 3 is 2.48 bits per heavy atom. The van der Waals surface area contributed by atoms with Gasteiger partial charge in [-0.25, -0.2) is 8.42 Å². The van der Waals surface area contributed by atoms with Gasteiger partial charge < -0.3 is 10.2 Å². The lowest BCUT2D eigenvalue weighted by atomic mass is 10.2. The van der Waals surface area contributed by atoms with Crippen molar-refractivity contribution in [2.75, 3.05) is 29.6 Å². The van der Waals surface area contributed by atoms with Crippen LogP contribution in [0.4, 0.5) is 11.4 Å². The van der Waals surface area contributed by atoms with Crippen molar-refractivity contribution in [3.05, 3.63) is 18.2 Å². The van der Waals surface area contributed by atoms with Crippen molar-refractivity contribution in [3.8, 4) is 6.07 Å². The third kappa shape index (κ3) is 4.70. The van der Waals surface area contributed by atoms with E-state index in [1.165, 1.54) is 12.3 Å². The fourth-order valence-electron chi connectivity index (χ4n) is 2.74. The Kier molecular flexibility index (Phi) is 5.61. The predicted molar refractivity (Wildman–Crippen MR) is 89.1 cm³/mol. The van der Waals surface area contributed by atoms with E-state index < -0.39 is 15.7 Å². The lowest BCUT2D eigenvalue weighted by molar-refractivity contribution is -0.115. The molecular formula is C16H21N3O3S. The Morgan fingerprint density at radius 2 is 1.91 bits per heavy atom. The average Bonchev–Trinajstić information content (AvgIpc) is 2.75. The molecule has 1 aliphatic heterocycles. The lowest BCUT2D eigenvalue weighted by Crippen LogP contribution is -2.26. The highest BCUT2D eigenvalue weighted by Crippen LogP contribution is 2.30. The number of sulfone groups is 1. The number of nitriles is 1. The molecule has 0 bridgehead atoms. The average molecular weight is 335 g/mol. The molecule has 0 saturated carbocycles. The molecule has 1 aromatic carbocycles. The molecule has 0 unspecified atom stereocenters. The van der Waals surface area contributed by atoms with Crippen molar-refractivity contribution in [2.45, 2.75) is 37.0 Å². The number of hydrogen-bond donors (Lipinski definition) is 1. The molecule has 1 heterocycles. The number of nitrogens with one attached hydrogen (secondary N) is 1. The molecule has 0 spiro atoms. The first kappa shape index (κ1) is 17.3. The zero-order chi connectivity index (χ0) is 16.9. The maximum Gasteiger partial charge on any atom is 0.238 e. The minimum Gasteiger partial charge on any atom is -0.370 e. The summed E-state index contributed by atoms with van der Waals surface area (Å²) in [6.45, 7) is 1.61. The molecule has 1 aliphatic rings. The van der Waals surface area contributed by atoms with E-state index in [1.54, 1.807) is 18.2 Å². The summed E-state index contributed by atoms with van der Waals surface area (Å²) < 4.78 is 24.1. The SMILES string of the molecule is CS(=O)(=O)c1ccc(NC(=O)CC#N)cc1N1CCCCCC1. The second-order valence-corrected chi connectivity index (χ2v) is 7.72. The van der Waals surface area contributed by atoms with Crippen molar-refractivity contribution in [2.24, 2.45) is 0 Å². The number of carbonyl (C=O) groups is 1. The van der Waals surface area contributed by atoms with Gasteiger partial charge in [-0.2, -0.15) is 5.26 Å². The molecule has 2 rings (SSSR count). The molecule has 0 aliphatic carbocycles. The standard InChI is InChI=1S/C16H21N3O3S/c1-23(21,22)15-7-6-13(18-16(20)8-9-17)12-14(15)19-10-4-2-3-5-11-19/h6-7,12H,2-5,8,10-11H2,1H3,(H,18,20). The van der Waals surface area contributed by atoms with E-state index >= 15 is 0 Å². The van der Waals surface area contributed by atoms with Crippen LogP contribution in [-0.4, -0.2) is 33.7 Å². The molecule has 1 saturated heterocycles. The summed E-state index contributed by atoms with van der Waals surface area (Å²) in [5.41, 5.74) is 1.14. The number of anilines is 2. The van der Waals surface area contributed by atoms with Crippen LogP contribution < -0.4 is 10.2 Å². The van der Waals surface area contributed by atoms with Gasteiger partial charge in [-0.05, 0) is 31.0 Å². The smallest absolute Gasteiger partial charge is 0.238 e. The van der Waals surface area contributed by atoms with Crippen molar-refractivity contribution < 1.29 is 13.2 Å². The quantitative estimate of drug-likeness (QED) is 0.912. The van der Waals surface area contributed by atoms with Crippen LogP contribution in [0, 0.1) is 11.3 Å². The van der Waals surface area contributed by atoms with Gasteiger partial charge in [0, 0.05) is 25.0 Å². The number of benzene rings is 1. The van der Waals surface area contributed by atoms with E-state index in [-0.39, 0.29) is 11.3 Å². The number of carbonyl (C=O) groups excluding carboxylic acids is 1. The minimum atomic E-state index is -3.36. The first-order valence-corrected chi connectivity index (χ1v) is 9.57. The highest BCUT2D eigenvalue weighted by atomic mass is 32.2. The largest absolute Gasteiger partial charge is 0.370 e. The second kappa shape index (κ2) is 7.47. The fourth-order valence-corrected chi connectivity index (χ4v) is 3.63. The van der Waals surface area contributed by atoms with Crippen LogP contribution in [0.15, 0.2) is 23.1 Å². The van der Waals surface area contributed by atoms with Gasteiger partial charge in [0.25, 0.3) is 0 Å². The molecule has 0 atom stereocenters. The van der Waals surface area contributed by atoms with E-state index in [9.17, 15) is 13.2 Å². The second-order valence-electron chi connectivity index (χ2n) is 5.74. The Labute approximate surface area is 137 Å². The van der Waals surface area contributed by atoms with Gasteiger partial charge in [0.1, 0.15) is 6.42 Å². The Hall–Kier alpha value is -2.07. The number of amides is 1. The molecule has 0 radical (unpaired) electrons. The highest BCUT2D eigenvalue weighted by Gasteiger charge is 2.20. The van der Waals surface area contributed by atoms with Gasteiger partial charge >= 0.3 is 0 Å². The molecule has 1 amide bonds. The topological polar surface area (TPSA) is 90.3 Å². The summed E-state index contributed by atoms with van der Waals surface area (Å²) in [6, 6.07) is 6.57. The highest BCUT2D eigenvalue weighted by molar-refractivity contribution is 7.90. The molecule has 1 aromatic rings. The van der Waals surface area contributed by atoms with Crippen molar-refractivity contribution in [1.29, 1.82) is 5.26 Å². The Balaban J connectivity index is 2.38. The Morgan fingerprint density at radius 1 is 1.26 bits per heavy atom. The van der Waals surface area contributed by atoms with Crippen LogP contribution in [0.25, 0.3) is 0 Å². The summed E-state index contributed by atoms with van der Waals surface area (Å²) in [7, 11) is -3.36. The third-order valence-corrected chi connectivity index (χ3v) is 4.97. The summed E-state index contributed by atoms with van der Waals surface area (Å²) in [5.74, 6) is -0.401. The maximum atomic E-state index is 12.1. The summed E-state index contributed by atoms with van der Waals surface area (Å²) >= 11 is 0. The molecule has 124 valence electrons. The van der Waals surface area contributed by atoms with Crippen molar-refractivity contribution >= 4 is 27.1 Å². The molecular weight excluding hydrogens is 314 g/mol. The van der Waals surface area contributed by atoms with Crippen molar-refractivity contribution in [3.63, 3.8) is 0 Å². The number of rotatable bonds is 4. The van der Waals surface area contributed by atoms with Gasteiger partial charge in [-0.1, -0.05) is 12.8 Å². The van der Waals surface area contributed by atoms with Gasteiger partial charge in [0.05, 0.1) is 16.7 Å². The number of hydrogen-bond acceptors (Lipinski definition) is 5. The fraction of sp³-hybridized carbons (Fsp3) is 0.500. The first-order chi connectivity index (χ1) is 10.9. The summed E-state index contributed by atoms with van der Waals surface area (Å²) in [4.78, 5) is 13.9. The predicted octanol–water partition coefficient (Wildman–Crippen LogP) is 2.32. The van der Waals surface area contributed by atoms with Gasteiger partial charge in [-0.3, -0.25) is 4.79 Å². The number of nitrogens with zero attached hydrogens (tertiary/aromatic N) is 2. The summed E-state index contributed by atoms with van der Waals surface area (Å²) in [6.07, 6.45) is 5.29. The molecule has 7 heteroatoms. The zero-order valence-corrected chi connectivity index (χ0v) is 14.0. The maximum absolute atomic E-state index is 12.1. The zero-order valence-electron chi connectivity index (χ0n) is 13.2. The van der Waals surface area contributed by atoms with E-state index in [0.29, 0.717) is 11.4 Å². The normalized spacial score (nSPS) is 15.6. The molecule has 1 N–H and O–H groups in total. The first-order valence-electron chi connectivity index (χ1n) is 7.67. The van der Waals surface area contributed by atoms with E-state index in [2.05, 4.69) is 10.2 Å². The lowest BCUT2D eigenvalue weighted by Gasteiger charge is -2.25. The van der Waals surface area contributed by atoms with E-state index in [4.69, 9.17) is 5.26 Å². The van der Waals surface area contributed by atoms with Gasteiger partial charge in [-0.15, -0.1) is 0 Å². The van der Waals surface area contributed by atoms with Gasteiger partial charge in [0.15, 0.2) is 9.84 Å². The van der Waals surface area contributed by atoms with Crippen LogP contribution in [0.2, 0.25) is 0 Å². The van der Waals surface area contributed by atoms with Crippen LogP contribution >= 0.6 is 0 Å². The van der Waals surface area contributed by atoms with Gasteiger partial charge in [0.2, 0.25) is 5.91 Å². The minimum absolute atomic E-state index is 0.229. The van der Waals surface area contributed by atoms with Crippen LogP contribution in [-0.2, 0) is 14.6 Å². The van der Waals surface area contributed by atoms with Crippen LogP contribution in [0.1, 0.15) is 32.1 Å². The van der Waals surface area contributed by atoms with Crippen LogP contribution in [0.5, 0.6) is 0 Å². The molecule has 23 heavy (non-hydrogen) atoms. The van der Waals surface area contributed by atoms with Crippen LogP contribution in [0.3, 0.4) is 0 Å². The molecule has 1 fully saturated rings. The Bertz CT molecular complexity index is 715. The van der Waals surface area contributed by atoms with Crippen molar-refractivity contribution in [1.82, 2.24) is 0 Å². The molecule has 0 aromatic heterocycles. The molecule has 6 nitrogen and oxygen atoms in total. The van der Waals surface area contributed by atoms with E-state index in [1.807, 2.05) is 0 Å². The monoisotopic (exact) mass is 335 g/mol. The third-order valence-electron chi connectivity index (χ3n) is 3.83. The van der Waals surface area contributed by atoms with E-state index in [0.717, 1.165) is 38.8 Å².